The summed E-state index contributed by atoms with van der Waals surface area (Å²) in [6, 6.07) is 12.4. The zero-order valence-corrected chi connectivity index (χ0v) is 22.7. The molecule has 204 valence electrons. The summed E-state index contributed by atoms with van der Waals surface area (Å²) in [5, 5.41) is 5.48. The van der Waals surface area contributed by atoms with E-state index in [0.29, 0.717) is 24.1 Å². The van der Waals surface area contributed by atoms with E-state index in [1.165, 1.54) is 4.90 Å². The highest BCUT2D eigenvalue weighted by Crippen LogP contribution is 2.36. The topological polar surface area (TPSA) is 131 Å². The van der Waals surface area contributed by atoms with Crippen LogP contribution in [0, 0.1) is 6.92 Å². The molecule has 1 saturated carbocycles. The molecule has 4 amide bonds. The highest BCUT2D eigenvalue weighted by atomic mass is 16.6. The number of nitrogens with two attached hydrogens (primary N) is 1. The number of nitrogens with zero attached hydrogens (tertiary/aromatic N) is 1. The Labute approximate surface area is 224 Å². The summed E-state index contributed by atoms with van der Waals surface area (Å²) in [4.78, 5) is 53.8. The van der Waals surface area contributed by atoms with Crippen LogP contribution < -0.4 is 16.4 Å². The Bertz CT molecular complexity index is 1170. The summed E-state index contributed by atoms with van der Waals surface area (Å²) in [6.45, 7) is 9.01. The quantitative estimate of drug-likeness (QED) is 0.434. The maximum Gasteiger partial charge on any atom is 0.408 e. The van der Waals surface area contributed by atoms with Gasteiger partial charge in [-0.15, -0.1) is 0 Å². The van der Waals surface area contributed by atoms with Crippen LogP contribution in [0.5, 0.6) is 0 Å². The molecule has 38 heavy (non-hydrogen) atoms. The molecule has 0 saturated heterocycles. The number of primary amides is 1. The SMILES string of the molecule is CCc1ccc(C(C(=O)Nc2ccccc2C)N(C(=O)C(CC(N)=O)NC(=O)OC(C)(C)C)C2CC2)cc1. The van der Waals surface area contributed by atoms with E-state index in [-0.39, 0.29) is 11.9 Å². The second kappa shape index (κ2) is 12.1. The molecular weight excluding hydrogens is 484 g/mol. The molecule has 9 nitrogen and oxygen atoms in total. The summed E-state index contributed by atoms with van der Waals surface area (Å²) >= 11 is 0. The van der Waals surface area contributed by atoms with Gasteiger partial charge in [-0.25, -0.2) is 4.79 Å². The van der Waals surface area contributed by atoms with E-state index in [1.807, 2.05) is 56.3 Å². The smallest absolute Gasteiger partial charge is 0.408 e. The van der Waals surface area contributed by atoms with Crippen LogP contribution in [0.1, 0.15) is 69.7 Å². The number of nitrogens with one attached hydrogen (secondary N) is 2. The Morgan fingerprint density at radius 1 is 1.05 bits per heavy atom. The van der Waals surface area contributed by atoms with Crippen molar-refractivity contribution in [2.24, 2.45) is 5.73 Å². The van der Waals surface area contributed by atoms with Gasteiger partial charge in [0.1, 0.15) is 17.7 Å². The molecule has 1 fully saturated rings. The summed E-state index contributed by atoms with van der Waals surface area (Å²) in [6.07, 6.45) is 0.945. The number of amides is 4. The van der Waals surface area contributed by atoms with Crippen molar-refractivity contribution < 1.29 is 23.9 Å². The van der Waals surface area contributed by atoms with Crippen LogP contribution in [-0.2, 0) is 25.5 Å². The van der Waals surface area contributed by atoms with Crippen LogP contribution in [0.15, 0.2) is 48.5 Å². The molecule has 1 aliphatic carbocycles. The Morgan fingerprint density at radius 2 is 1.68 bits per heavy atom. The van der Waals surface area contributed by atoms with Crippen molar-refractivity contribution in [3.63, 3.8) is 0 Å². The number of hydrogen-bond donors (Lipinski definition) is 3. The van der Waals surface area contributed by atoms with Crippen LogP contribution in [0.2, 0.25) is 0 Å². The molecule has 2 unspecified atom stereocenters. The zero-order chi connectivity index (χ0) is 28.0. The molecule has 0 radical (unpaired) electrons. The third-order valence-electron chi connectivity index (χ3n) is 6.22. The first-order chi connectivity index (χ1) is 17.9. The fourth-order valence-corrected chi connectivity index (χ4v) is 4.19. The Morgan fingerprint density at radius 3 is 2.21 bits per heavy atom. The molecule has 0 heterocycles. The van der Waals surface area contributed by atoms with Crippen molar-refractivity contribution in [1.29, 1.82) is 0 Å². The van der Waals surface area contributed by atoms with Crippen LogP contribution in [0.25, 0.3) is 0 Å². The third-order valence-corrected chi connectivity index (χ3v) is 6.22. The average Bonchev–Trinajstić information content (AvgIpc) is 3.67. The van der Waals surface area contributed by atoms with E-state index >= 15 is 0 Å². The van der Waals surface area contributed by atoms with Crippen molar-refractivity contribution in [1.82, 2.24) is 10.2 Å². The maximum absolute atomic E-state index is 14.0. The lowest BCUT2D eigenvalue weighted by Gasteiger charge is -2.34. The lowest BCUT2D eigenvalue weighted by molar-refractivity contribution is -0.142. The van der Waals surface area contributed by atoms with Crippen LogP contribution >= 0.6 is 0 Å². The van der Waals surface area contributed by atoms with E-state index in [1.54, 1.807) is 26.8 Å². The number of ether oxygens (including phenoxy) is 1. The normalized spacial score (nSPS) is 14.7. The number of hydrogen-bond acceptors (Lipinski definition) is 5. The number of anilines is 1. The van der Waals surface area contributed by atoms with Crippen molar-refractivity contribution in [3.05, 3.63) is 65.2 Å². The summed E-state index contributed by atoms with van der Waals surface area (Å²) < 4.78 is 5.31. The molecule has 2 aromatic carbocycles. The summed E-state index contributed by atoms with van der Waals surface area (Å²) in [5.74, 6) is -1.72. The molecule has 2 atom stereocenters. The number of rotatable bonds is 10. The Hall–Kier alpha value is -3.88. The van der Waals surface area contributed by atoms with E-state index < -0.39 is 42.0 Å². The molecule has 2 aromatic rings. The fourth-order valence-electron chi connectivity index (χ4n) is 4.19. The first-order valence-electron chi connectivity index (χ1n) is 12.9. The largest absolute Gasteiger partial charge is 0.444 e. The lowest BCUT2D eigenvalue weighted by Crippen LogP contribution is -2.54. The van der Waals surface area contributed by atoms with Gasteiger partial charge in [0, 0.05) is 11.7 Å². The number of para-hydroxylation sites is 1. The molecule has 0 aliphatic heterocycles. The third kappa shape index (κ3) is 7.81. The lowest BCUT2D eigenvalue weighted by atomic mass is 9.99. The fraction of sp³-hybridized carbons (Fsp3) is 0.448. The molecule has 9 heteroatoms. The minimum Gasteiger partial charge on any atom is -0.444 e. The van der Waals surface area contributed by atoms with Crippen molar-refractivity contribution in [3.8, 4) is 0 Å². The highest BCUT2D eigenvalue weighted by molar-refractivity contribution is 6.00. The van der Waals surface area contributed by atoms with Crippen molar-refractivity contribution >= 4 is 29.5 Å². The summed E-state index contributed by atoms with van der Waals surface area (Å²) in [5.41, 5.74) is 7.87. The molecular formula is C29H38N4O5. The van der Waals surface area contributed by atoms with E-state index in [0.717, 1.165) is 17.5 Å². The first kappa shape index (κ1) is 28.7. The molecule has 3 rings (SSSR count). The van der Waals surface area contributed by atoms with Gasteiger partial charge in [0.2, 0.25) is 11.8 Å². The predicted octanol–water partition coefficient (Wildman–Crippen LogP) is 4.00. The molecule has 0 spiro atoms. The number of carbonyl (C=O) groups is 4. The van der Waals surface area contributed by atoms with Gasteiger partial charge >= 0.3 is 6.09 Å². The van der Waals surface area contributed by atoms with Gasteiger partial charge < -0.3 is 26.0 Å². The number of alkyl carbamates (subject to hydrolysis) is 1. The minimum absolute atomic E-state index is 0.225. The van der Waals surface area contributed by atoms with Gasteiger partial charge in [0.25, 0.3) is 5.91 Å². The van der Waals surface area contributed by atoms with Crippen molar-refractivity contribution in [2.45, 2.75) is 84.0 Å². The maximum atomic E-state index is 14.0. The number of benzene rings is 2. The van der Waals surface area contributed by atoms with Gasteiger partial charge in [0.15, 0.2) is 0 Å². The van der Waals surface area contributed by atoms with Crippen LogP contribution in [0.3, 0.4) is 0 Å². The molecule has 1 aliphatic rings. The molecule has 4 N–H and O–H groups in total. The number of aryl methyl sites for hydroxylation is 2. The van der Waals surface area contributed by atoms with E-state index in [2.05, 4.69) is 10.6 Å². The van der Waals surface area contributed by atoms with Gasteiger partial charge in [-0.1, -0.05) is 49.4 Å². The zero-order valence-electron chi connectivity index (χ0n) is 22.7. The van der Waals surface area contributed by atoms with Gasteiger partial charge in [-0.05, 0) is 69.7 Å². The molecule has 0 bridgehead atoms. The van der Waals surface area contributed by atoms with E-state index in [4.69, 9.17) is 10.5 Å². The molecule has 0 aromatic heterocycles. The minimum atomic E-state index is -1.29. The summed E-state index contributed by atoms with van der Waals surface area (Å²) in [7, 11) is 0. The predicted molar refractivity (Wildman–Crippen MR) is 145 cm³/mol. The standard InChI is InChI=1S/C29H38N4O5/c1-6-19-11-13-20(14-12-19)25(26(35)31-22-10-8-7-9-18(22)2)33(21-15-16-21)27(36)23(17-24(30)34)32-28(37)38-29(3,4)5/h7-14,21,23,25H,6,15-17H2,1-5H3,(H2,30,34)(H,31,35)(H,32,37). The van der Waals surface area contributed by atoms with E-state index in [9.17, 15) is 19.2 Å². The van der Waals surface area contributed by atoms with Gasteiger partial charge in [0.05, 0.1) is 6.42 Å². The highest BCUT2D eigenvalue weighted by Gasteiger charge is 2.44. The Balaban J connectivity index is 2.00. The van der Waals surface area contributed by atoms with Gasteiger partial charge in [-0.3, -0.25) is 14.4 Å². The second-order valence-corrected chi connectivity index (χ2v) is 10.6. The Kier molecular flexibility index (Phi) is 9.14. The number of carbonyl (C=O) groups excluding carboxylic acids is 4. The van der Waals surface area contributed by atoms with Crippen LogP contribution in [0.4, 0.5) is 10.5 Å². The second-order valence-electron chi connectivity index (χ2n) is 10.6. The van der Waals surface area contributed by atoms with Gasteiger partial charge in [-0.2, -0.15) is 0 Å². The first-order valence-corrected chi connectivity index (χ1v) is 12.9. The van der Waals surface area contributed by atoms with Crippen molar-refractivity contribution in [2.75, 3.05) is 5.32 Å². The average molecular weight is 523 g/mol. The van der Waals surface area contributed by atoms with Crippen LogP contribution in [-0.4, -0.2) is 46.4 Å². The monoisotopic (exact) mass is 522 g/mol.